The van der Waals surface area contributed by atoms with E-state index in [2.05, 4.69) is 20.2 Å². The number of nitrogens with zero attached hydrogens (tertiary/aromatic N) is 4. The van der Waals surface area contributed by atoms with Crippen molar-refractivity contribution in [3.05, 3.63) is 18.3 Å². The van der Waals surface area contributed by atoms with Crippen molar-refractivity contribution in [2.75, 3.05) is 6.54 Å². The van der Waals surface area contributed by atoms with Crippen LogP contribution >= 0.6 is 0 Å². The van der Waals surface area contributed by atoms with Crippen molar-refractivity contribution in [2.45, 2.75) is 38.1 Å². The van der Waals surface area contributed by atoms with Gasteiger partial charge in [-0.1, -0.05) is 12.8 Å². The summed E-state index contributed by atoms with van der Waals surface area (Å²) in [6, 6.07) is 0. The Morgan fingerprint density at radius 2 is 2.22 bits per heavy atom. The minimum absolute atomic E-state index is 0.553. The highest BCUT2D eigenvalue weighted by Crippen LogP contribution is 2.32. The Hall–Kier alpha value is -1.69. The van der Waals surface area contributed by atoms with Gasteiger partial charge in [0.1, 0.15) is 11.5 Å². The maximum atomic E-state index is 5.51. The second kappa shape index (κ2) is 4.89. The summed E-state index contributed by atoms with van der Waals surface area (Å²) in [5, 5.41) is 7.31. The van der Waals surface area contributed by atoms with Crippen LogP contribution in [0.1, 0.15) is 37.4 Å². The molecule has 0 atom stereocenters. The number of aromatic amines is 1. The number of rotatable bonds is 4. The topological polar surface area (TPSA) is 85.4 Å². The first kappa shape index (κ1) is 11.4. The molecule has 0 aromatic carbocycles. The van der Waals surface area contributed by atoms with E-state index in [1.54, 1.807) is 6.33 Å². The predicted molar refractivity (Wildman–Crippen MR) is 67.9 cm³/mol. The van der Waals surface area contributed by atoms with Gasteiger partial charge in [-0.3, -0.25) is 5.10 Å². The molecule has 0 bridgehead atoms. The molecule has 2 aromatic rings. The summed E-state index contributed by atoms with van der Waals surface area (Å²) in [4.78, 5) is 8.87. The summed E-state index contributed by atoms with van der Waals surface area (Å²) < 4.78 is 1.96. The first-order valence-electron chi connectivity index (χ1n) is 6.51. The molecule has 1 aliphatic rings. The molecule has 6 nitrogen and oxygen atoms in total. The lowest BCUT2D eigenvalue weighted by molar-refractivity contribution is 0.672. The summed E-state index contributed by atoms with van der Waals surface area (Å²) in [6.45, 7) is 1.38. The van der Waals surface area contributed by atoms with Crippen LogP contribution in [0.4, 0.5) is 0 Å². The van der Waals surface area contributed by atoms with E-state index >= 15 is 0 Å². The molecular weight excluding hydrogens is 228 g/mol. The average Bonchev–Trinajstić information content (AvgIpc) is 3.10. The molecule has 3 N–H and O–H groups in total. The van der Waals surface area contributed by atoms with Crippen LogP contribution in [0.3, 0.4) is 0 Å². The van der Waals surface area contributed by atoms with Crippen LogP contribution < -0.4 is 5.73 Å². The molecule has 96 valence electrons. The molecule has 6 heteroatoms. The molecular formula is C12H18N6. The standard InChI is InChI=1S/C12H18N6/c13-5-6-18-7-10(14-8-18)12-15-11(16-17-12)9-3-1-2-4-9/h7-9H,1-6,13H2,(H,15,16,17). The van der Waals surface area contributed by atoms with Gasteiger partial charge in [0.05, 0.1) is 6.33 Å². The van der Waals surface area contributed by atoms with Gasteiger partial charge in [-0.25, -0.2) is 9.97 Å². The highest BCUT2D eigenvalue weighted by Gasteiger charge is 2.21. The fourth-order valence-electron chi connectivity index (χ4n) is 2.52. The zero-order valence-corrected chi connectivity index (χ0v) is 10.3. The van der Waals surface area contributed by atoms with Gasteiger partial charge >= 0.3 is 0 Å². The Labute approximate surface area is 106 Å². The van der Waals surface area contributed by atoms with Crippen LogP contribution in [0.15, 0.2) is 12.5 Å². The van der Waals surface area contributed by atoms with Crippen LogP contribution in [0, 0.1) is 0 Å². The number of nitrogens with one attached hydrogen (secondary N) is 1. The summed E-state index contributed by atoms with van der Waals surface area (Å²) in [5.41, 5.74) is 6.32. The van der Waals surface area contributed by atoms with E-state index in [1.165, 1.54) is 25.7 Å². The number of nitrogens with two attached hydrogens (primary N) is 1. The van der Waals surface area contributed by atoms with E-state index < -0.39 is 0 Å². The Morgan fingerprint density at radius 1 is 1.39 bits per heavy atom. The van der Waals surface area contributed by atoms with Crippen molar-refractivity contribution in [1.82, 2.24) is 24.7 Å². The van der Waals surface area contributed by atoms with Crippen LogP contribution in [0.25, 0.3) is 11.5 Å². The Bertz CT molecular complexity index is 508. The molecule has 1 saturated carbocycles. The molecule has 0 saturated heterocycles. The van der Waals surface area contributed by atoms with Crippen molar-refractivity contribution in [3.63, 3.8) is 0 Å². The van der Waals surface area contributed by atoms with Gasteiger partial charge in [-0.2, -0.15) is 5.10 Å². The fourth-order valence-corrected chi connectivity index (χ4v) is 2.52. The summed E-state index contributed by atoms with van der Waals surface area (Å²) >= 11 is 0. The summed E-state index contributed by atoms with van der Waals surface area (Å²) in [5.74, 6) is 2.25. The Morgan fingerprint density at radius 3 is 3.00 bits per heavy atom. The summed E-state index contributed by atoms with van der Waals surface area (Å²) in [6.07, 6.45) is 8.74. The van der Waals surface area contributed by atoms with E-state index in [9.17, 15) is 0 Å². The smallest absolute Gasteiger partial charge is 0.201 e. The van der Waals surface area contributed by atoms with Crippen LogP contribution in [0.5, 0.6) is 0 Å². The summed E-state index contributed by atoms with van der Waals surface area (Å²) in [7, 11) is 0. The largest absolute Gasteiger partial charge is 0.335 e. The fraction of sp³-hybridized carbons (Fsp3) is 0.583. The van der Waals surface area contributed by atoms with Crippen molar-refractivity contribution < 1.29 is 0 Å². The number of imidazole rings is 1. The van der Waals surface area contributed by atoms with E-state index in [4.69, 9.17) is 5.73 Å². The van der Waals surface area contributed by atoms with Crippen LogP contribution in [-0.4, -0.2) is 31.3 Å². The van der Waals surface area contributed by atoms with Gasteiger partial charge in [-0.05, 0) is 12.8 Å². The molecule has 1 fully saturated rings. The molecule has 0 aliphatic heterocycles. The molecule has 2 aromatic heterocycles. The zero-order valence-electron chi connectivity index (χ0n) is 10.3. The zero-order chi connectivity index (χ0) is 12.4. The third-order valence-corrected chi connectivity index (χ3v) is 3.49. The van der Waals surface area contributed by atoms with Gasteiger partial charge in [0.2, 0.25) is 5.82 Å². The Balaban J connectivity index is 1.78. The van der Waals surface area contributed by atoms with Crippen molar-refractivity contribution >= 4 is 0 Å². The molecule has 0 unspecified atom stereocenters. The van der Waals surface area contributed by atoms with E-state index in [1.807, 2.05) is 10.8 Å². The van der Waals surface area contributed by atoms with E-state index in [0.717, 1.165) is 18.1 Å². The maximum absolute atomic E-state index is 5.51. The third kappa shape index (κ3) is 2.15. The number of hydrogen-bond donors (Lipinski definition) is 2. The molecule has 0 amide bonds. The molecule has 0 radical (unpaired) electrons. The monoisotopic (exact) mass is 246 g/mol. The predicted octanol–water partition coefficient (Wildman–Crippen LogP) is 1.28. The van der Waals surface area contributed by atoms with Gasteiger partial charge in [-0.15, -0.1) is 0 Å². The normalized spacial score (nSPS) is 16.5. The average molecular weight is 246 g/mol. The van der Waals surface area contributed by atoms with Crippen LogP contribution in [-0.2, 0) is 6.54 Å². The molecule has 0 spiro atoms. The molecule has 3 rings (SSSR count). The number of hydrogen-bond acceptors (Lipinski definition) is 4. The molecule has 18 heavy (non-hydrogen) atoms. The Kier molecular flexibility index (Phi) is 3.10. The number of aromatic nitrogens is 5. The minimum atomic E-state index is 0.553. The van der Waals surface area contributed by atoms with E-state index in [-0.39, 0.29) is 0 Å². The third-order valence-electron chi connectivity index (χ3n) is 3.49. The van der Waals surface area contributed by atoms with Crippen molar-refractivity contribution in [1.29, 1.82) is 0 Å². The molecule has 2 heterocycles. The van der Waals surface area contributed by atoms with Crippen molar-refractivity contribution in [2.24, 2.45) is 5.73 Å². The highest BCUT2D eigenvalue weighted by atomic mass is 15.2. The lowest BCUT2D eigenvalue weighted by Gasteiger charge is -2.01. The van der Waals surface area contributed by atoms with Gasteiger partial charge in [0.25, 0.3) is 0 Å². The molecule has 1 aliphatic carbocycles. The van der Waals surface area contributed by atoms with E-state index in [0.29, 0.717) is 18.3 Å². The van der Waals surface area contributed by atoms with Gasteiger partial charge in [0, 0.05) is 25.2 Å². The quantitative estimate of drug-likeness (QED) is 0.851. The minimum Gasteiger partial charge on any atom is -0.335 e. The SMILES string of the molecule is NCCn1cnc(-c2n[nH]c(C3CCCC3)n2)c1. The highest BCUT2D eigenvalue weighted by molar-refractivity contribution is 5.46. The number of H-pyrrole nitrogens is 1. The first-order valence-corrected chi connectivity index (χ1v) is 6.51. The van der Waals surface area contributed by atoms with Gasteiger partial charge in [0.15, 0.2) is 0 Å². The lowest BCUT2D eigenvalue weighted by atomic mass is 10.1. The van der Waals surface area contributed by atoms with Gasteiger partial charge < -0.3 is 10.3 Å². The maximum Gasteiger partial charge on any atom is 0.201 e. The first-order chi connectivity index (χ1) is 8.86. The second-order valence-electron chi connectivity index (χ2n) is 4.81. The van der Waals surface area contributed by atoms with Crippen LogP contribution in [0.2, 0.25) is 0 Å². The second-order valence-corrected chi connectivity index (χ2v) is 4.81. The lowest BCUT2D eigenvalue weighted by Crippen LogP contribution is -2.07. The van der Waals surface area contributed by atoms with Crippen molar-refractivity contribution in [3.8, 4) is 11.5 Å².